The highest BCUT2D eigenvalue weighted by molar-refractivity contribution is 5.75. The SMILES string of the molecule is COCCN(C)CCNC(=O)Cn1cc(N)ccc1=O. The summed E-state index contributed by atoms with van der Waals surface area (Å²) >= 11 is 0. The molecule has 1 amide bonds. The molecule has 0 aliphatic carbocycles. The monoisotopic (exact) mass is 282 g/mol. The molecule has 7 nitrogen and oxygen atoms in total. The maximum absolute atomic E-state index is 11.7. The van der Waals surface area contributed by atoms with E-state index < -0.39 is 0 Å². The minimum Gasteiger partial charge on any atom is -0.398 e. The highest BCUT2D eigenvalue weighted by atomic mass is 16.5. The van der Waals surface area contributed by atoms with Crippen molar-refractivity contribution < 1.29 is 9.53 Å². The molecule has 112 valence electrons. The topological polar surface area (TPSA) is 89.6 Å². The quantitative estimate of drug-likeness (QED) is 0.646. The summed E-state index contributed by atoms with van der Waals surface area (Å²) in [4.78, 5) is 25.3. The zero-order chi connectivity index (χ0) is 15.0. The molecule has 3 N–H and O–H groups in total. The van der Waals surface area contributed by atoms with E-state index in [1.54, 1.807) is 7.11 Å². The Morgan fingerprint density at radius 1 is 1.45 bits per heavy atom. The zero-order valence-electron chi connectivity index (χ0n) is 12.0. The van der Waals surface area contributed by atoms with Crippen molar-refractivity contribution in [1.82, 2.24) is 14.8 Å². The van der Waals surface area contributed by atoms with Crippen LogP contribution in [0.25, 0.3) is 0 Å². The number of nitrogens with zero attached hydrogens (tertiary/aromatic N) is 2. The molecule has 0 saturated heterocycles. The van der Waals surface area contributed by atoms with Crippen molar-refractivity contribution in [3.63, 3.8) is 0 Å². The second-order valence-corrected chi connectivity index (χ2v) is 4.57. The summed E-state index contributed by atoms with van der Waals surface area (Å²) < 4.78 is 6.26. The van der Waals surface area contributed by atoms with E-state index in [2.05, 4.69) is 10.2 Å². The van der Waals surface area contributed by atoms with E-state index in [0.29, 0.717) is 18.8 Å². The minimum atomic E-state index is -0.244. The van der Waals surface area contributed by atoms with Crippen LogP contribution >= 0.6 is 0 Å². The van der Waals surface area contributed by atoms with Gasteiger partial charge < -0.3 is 25.3 Å². The molecule has 0 aliphatic rings. The van der Waals surface area contributed by atoms with Crippen molar-refractivity contribution in [1.29, 1.82) is 0 Å². The Morgan fingerprint density at radius 2 is 2.20 bits per heavy atom. The number of ether oxygens (including phenoxy) is 1. The number of hydrogen-bond donors (Lipinski definition) is 2. The number of amides is 1. The first-order valence-electron chi connectivity index (χ1n) is 6.43. The molecular weight excluding hydrogens is 260 g/mol. The largest absolute Gasteiger partial charge is 0.398 e. The lowest BCUT2D eigenvalue weighted by atomic mass is 10.4. The van der Waals surface area contributed by atoms with E-state index in [0.717, 1.165) is 13.1 Å². The smallest absolute Gasteiger partial charge is 0.251 e. The second kappa shape index (κ2) is 8.34. The van der Waals surface area contributed by atoms with Crippen molar-refractivity contribution in [3.05, 3.63) is 28.7 Å². The van der Waals surface area contributed by atoms with Crippen molar-refractivity contribution in [3.8, 4) is 0 Å². The minimum absolute atomic E-state index is 0.0222. The molecular formula is C13H22N4O3. The number of anilines is 1. The molecule has 0 spiro atoms. The highest BCUT2D eigenvalue weighted by Crippen LogP contribution is 1.95. The number of rotatable bonds is 8. The summed E-state index contributed by atoms with van der Waals surface area (Å²) in [7, 11) is 3.60. The lowest BCUT2D eigenvalue weighted by Gasteiger charge is -2.16. The van der Waals surface area contributed by atoms with Gasteiger partial charge in [0, 0.05) is 44.7 Å². The fourth-order valence-electron chi connectivity index (χ4n) is 1.63. The van der Waals surface area contributed by atoms with Crippen LogP contribution in [0, 0.1) is 0 Å². The molecule has 0 radical (unpaired) electrons. The number of carbonyl (C=O) groups excluding carboxylic acids is 1. The number of nitrogens with one attached hydrogen (secondary N) is 1. The van der Waals surface area contributed by atoms with E-state index in [1.165, 1.54) is 22.9 Å². The van der Waals surface area contributed by atoms with Crippen LogP contribution in [-0.2, 0) is 16.1 Å². The Balaban J connectivity index is 2.33. The summed E-state index contributed by atoms with van der Waals surface area (Å²) in [6.45, 7) is 2.69. The molecule has 0 atom stereocenters. The fraction of sp³-hybridized carbons (Fsp3) is 0.538. The number of carbonyl (C=O) groups is 1. The molecule has 0 aliphatic heterocycles. The van der Waals surface area contributed by atoms with Crippen molar-refractivity contribution >= 4 is 11.6 Å². The molecule has 1 aromatic rings. The van der Waals surface area contributed by atoms with Gasteiger partial charge in [-0.1, -0.05) is 0 Å². The van der Waals surface area contributed by atoms with Gasteiger partial charge in [0.2, 0.25) is 5.91 Å². The summed E-state index contributed by atoms with van der Waals surface area (Å²) in [6.07, 6.45) is 1.46. The predicted molar refractivity (Wildman–Crippen MR) is 77.5 cm³/mol. The van der Waals surface area contributed by atoms with Gasteiger partial charge in [-0.25, -0.2) is 0 Å². The van der Waals surface area contributed by atoms with Crippen LogP contribution in [0.3, 0.4) is 0 Å². The fourth-order valence-corrected chi connectivity index (χ4v) is 1.63. The molecule has 0 aromatic carbocycles. The molecule has 1 aromatic heterocycles. The van der Waals surface area contributed by atoms with Crippen LogP contribution in [0.1, 0.15) is 0 Å². The van der Waals surface area contributed by atoms with E-state index in [-0.39, 0.29) is 18.0 Å². The third kappa shape index (κ3) is 5.85. The Labute approximate surface area is 118 Å². The van der Waals surface area contributed by atoms with Gasteiger partial charge in [-0.3, -0.25) is 9.59 Å². The normalized spacial score (nSPS) is 10.8. The van der Waals surface area contributed by atoms with Gasteiger partial charge in [-0.05, 0) is 13.1 Å². The maximum Gasteiger partial charge on any atom is 0.251 e. The number of nitrogen functional groups attached to an aromatic ring is 1. The van der Waals surface area contributed by atoms with Gasteiger partial charge in [-0.2, -0.15) is 0 Å². The van der Waals surface area contributed by atoms with Crippen LogP contribution in [0.2, 0.25) is 0 Å². The van der Waals surface area contributed by atoms with Crippen molar-refractivity contribution in [2.24, 2.45) is 0 Å². The molecule has 0 saturated carbocycles. The van der Waals surface area contributed by atoms with E-state index in [1.807, 2.05) is 7.05 Å². The number of hydrogen-bond acceptors (Lipinski definition) is 5. The van der Waals surface area contributed by atoms with Crippen molar-refractivity contribution in [2.75, 3.05) is 46.1 Å². The highest BCUT2D eigenvalue weighted by Gasteiger charge is 2.05. The average molecular weight is 282 g/mol. The third-order valence-electron chi connectivity index (χ3n) is 2.81. The van der Waals surface area contributed by atoms with Crippen LogP contribution in [0.5, 0.6) is 0 Å². The first kappa shape index (κ1) is 16.2. The molecule has 1 heterocycles. The summed E-state index contributed by atoms with van der Waals surface area (Å²) in [5.41, 5.74) is 5.79. The molecule has 20 heavy (non-hydrogen) atoms. The van der Waals surface area contributed by atoms with Crippen LogP contribution in [0.15, 0.2) is 23.1 Å². The molecule has 7 heteroatoms. The summed E-state index contributed by atoms with van der Waals surface area (Å²) in [5, 5.41) is 2.76. The first-order chi connectivity index (χ1) is 9.52. The summed E-state index contributed by atoms with van der Waals surface area (Å²) in [5.74, 6) is -0.210. The third-order valence-corrected chi connectivity index (χ3v) is 2.81. The lowest BCUT2D eigenvalue weighted by Crippen LogP contribution is -2.37. The van der Waals surface area contributed by atoms with E-state index in [4.69, 9.17) is 10.5 Å². The van der Waals surface area contributed by atoms with Gasteiger partial charge in [0.25, 0.3) is 5.56 Å². The Hall–Kier alpha value is -1.86. The Kier molecular flexibility index (Phi) is 6.75. The molecule has 0 unspecified atom stereocenters. The molecule has 0 fully saturated rings. The van der Waals surface area contributed by atoms with E-state index >= 15 is 0 Å². The Bertz CT molecular complexity index is 487. The standard InChI is InChI=1S/C13H22N4O3/c1-16(7-8-20-2)6-5-15-12(18)10-17-9-11(14)3-4-13(17)19/h3-4,9H,5-8,10,14H2,1-2H3,(H,15,18). The Morgan fingerprint density at radius 3 is 2.90 bits per heavy atom. The van der Waals surface area contributed by atoms with Gasteiger partial charge >= 0.3 is 0 Å². The average Bonchev–Trinajstić information content (AvgIpc) is 2.40. The van der Waals surface area contributed by atoms with Gasteiger partial charge in [0.05, 0.1) is 6.61 Å². The first-order valence-corrected chi connectivity index (χ1v) is 6.43. The number of pyridine rings is 1. The number of methoxy groups -OCH3 is 1. The lowest BCUT2D eigenvalue weighted by molar-refractivity contribution is -0.121. The van der Waals surface area contributed by atoms with Crippen LogP contribution in [-0.4, -0.2) is 55.8 Å². The van der Waals surface area contributed by atoms with Crippen LogP contribution < -0.4 is 16.6 Å². The molecule has 0 bridgehead atoms. The van der Waals surface area contributed by atoms with E-state index in [9.17, 15) is 9.59 Å². The number of aromatic nitrogens is 1. The van der Waals surface area contributed by atoms with Gasteiger partial charge in [0.15, 0.2) is 0 Å². The number of likely N-dealkylation sites (N-methyl/N-ethyl adjacent to an activating group) is 1. The maximum atomic E-state index is 11.7. The summed E-state index contributed by atoms with van der Waals surface area (Å²) in [6, 6.07) is 2.86. The second-order valence-electron chi connectivity index (χ2n) is 4.57. The van der Waals surface area contributed by atoms with Crippen LogP contribution in [0.4, 0.5) is 5.69 Å². The van der Waals surface area contributed by atoms with Crippen molar-refractivity contribution in [2.45, 2.75) is 6.54 Å². The molecule has 1 rings (SSSR count). The van der Waals surface area contributed by atoms with Gasteiger partial charge in [0.1, 0.15) is 6.54 Å². The zero-order valence-corrected chi connectivity index (χ0v) is 12.0. The van der Waals surface area contributed by atoms with Gasteiger partial charge in [-0.15, -0.1) is 0 Å². The predicted octanol–water partition coefficient (Wildman–Crippen LogP) is -0.875. The number of nitrogens with two attached hydrogens (primary N) is 1.